The minimum absolute atomic E-state index is 0. The molecule has 0 aliphatic carbocycles. The summed E-state index contributed by atoms with van der Waals surface area (Å²) in [6, 6.07) is 10.1. The second-order valence-corrected chi connectivity index (χ2v) is 4.70. The van der Waals surface area contributed by atoms with Gasteiger partial charge in [-0.3, -0.25) is 4.98 Å². The van der Waals surface area contributed by atoms with Crippen LogP contribution in [0.15, 0.2) is 42.0 Å². The minimum atomic E-state index is 0. The second-order valence-electron chi connectivity index (χ2n) is 3.64. The smallest absolute Gasteiger partial charge is 0.0660 e. The zero-order valence-corrected chi connectivity index (χ0v) is 12.8. The van der Waals surface area contributed by atoms with Gasteiger partial charge in [0.05, 0.1) is 5.51 Å². The number of rotatable bonds is 2. The van der Waals surface area contributed by atoms with Crippen LogP contribution in [0.3, 0.4) is 0 Å². The molecule has 0 saturated carbocycles. The van der Waals surface area contributed by atoms with Crippen LogP contribution in [0, 0.1) is 13.1 Å². The first-order valence-corrected chi connectivity index (χ1v) is 6.15. The summed E-state index contributed by atoms with van der Waals surface area (Å²) < 4.78 is 1.90. The molecule has 2 heterocycles. The normalized spacial score (nSPS) is 10.1. The van der Waals surface area contributed by atoms with Gasteiger partial charge in [-0.1, -0.05) is 36.5 Å². The van der Waals surface area contributed by atoms with Crippen LogP contribution in [-0.4, -0.2) is 14.5 Å². The number of hydrogen-bond donors (Lipinski definition) is 0. The Balaban J connectivity index is 0.00000120. The van der Waals surface area contributed by atoms with Gasteiger partial charge in [0.1, 0.15) is 0 Å². The van der Waals surface area contributed by atoms with Crippen LogP contribution in [0.2, 0.25) is 0 Å². The molecular weight excluding hydrogens is 422 g/mol. The third kappa shape index (κ3) is 2.29. The largest absolute Gasteiger partial charge is 0.446 e. The zero-order chi connectivity index (χ0) is 11.7. The van der Waals surface area contributed by atoms with Gasteiger partial charge in [-0.05, 0) is 23.6 Å². The van der Waals surface area contributed by atoms with E-state index in [2.05, 4.69) is 23.1 Å². The van der Waals surface area contributed by atoms with Crippen LogP contribution in [0.1, 0.15) is 4.88 Å². The molecule has 0 fully saturated rings. The summed E-state index contributed by atoms with van der Waals surface area (Å²) in [5.74, 6) is 1.78. The predicted molar refractivity (Wildman–Crippen MR) is 68.2 cm³/mol. The first kappa shape index (κ1) is 13.1. The van der Waals surface area contributed by atoms with Crippen molar-refractivity contribution in [2.45, 2.75) is 6.92 Å². The number of aromatic nitrogens is 3. The molecular formula is C13H10IrN3S-. The number of nitrogens with zero attached hydrogens (tertiary/aromatic N) is 3. The summed E-state index contributed by atoms with van der Waals surface area (Å²) in [6.07, 6.45) is 4.78. The average molecular weight is 433 g/mol. The molecule has 93 valence electrons. The molecule has 2 aromatic heterocycles. The van der Waals surface area contributed by atoms with Gasteiger partial charge in [0.2, 0.25) is 0 Å². The van der Waals surface area contributed by atoms with Crippen LogP contribution in [-0.2, 0) is 20.1 Å². The van der Waals surface area contributed by atoms with Crippen molar-refractivity contribution >= 4 is 11.3 Å². The maximum atomic E-state index is 4.36. The average Bonchev–Trinajstić information content (AvgIpc) is 2.98. The van der Waals surface area contributed by atoms with Crippen molar-refractivity contribution in [3.8, 4) is 17.2 Å². The minimum Gasteiger partial charge on any atom is -0.446 e. The molecule has 0 unspecified atom stereocenters. The number of benzene rings is 1. The van der Waals surface area contributed by atoms with E-state index in [-0.39, 0.29) is 20.1 Å². The van der Waals surface area contributed by atoms with Gasteiger partial charge < -0.3 is 9.55 Å². The van der Waals surface area contributed by atoms with E-state index in [9.17, 15) is 0 Å². The summed E-state index contributed by atoms with van der Waals surface area (Å²) in [5.41, 5.74) is 2.91. The maximum absolute atomic E-state index is 4.36. The molecule has 5 heteroatoms. The van der Waals surface area contributed by atoms with E-state index in [1.807, 2.05) is 40.4 Å². The Labute approximate surface area is 123 Å². The Hall–Kier alpha value is -1.29. The molecule has 0 N–H and O–H groups in total. The number of hydrogen-bond acceptors (Lipinski definition) is 3. The molecule has 0 atom stereocenters. The summed E-state index contributed by atoms with van der Waals surface area (Å²) in [5, 5.41) is 0. The van der Waals surface area contributed by atoms with Crippen LogP contribution in [0.4, 0.5) is 0 Å². The van der Waals surface area contributed by atoms with E-state index in [0.717, 1.165) is 22.1 Å². The summed E-state index contributed by atoms with van der Waals surface area (Å²) in [4.78, 5) is 9.87. The number of thiazole rings is 1. The second kappa shape index (κ2) is 5.57. The van der Waals surface area contributed by atoms with Crippen LogP contribution in [0.25, 0.3) is 17.2 Å². The van der Waals surface area contributed by atoms with Crippen LogP contribution >= 0.6 is 11.3 Å². The Kier molecular flexibility index (Phi) is 4.07. The first-order chi connectivity index (χ1) is 8.36. The quantitative estimate of drug-likeness (QED) is 0.583. The van der Waals surface area contributed by atoms with E-state index in [4.69, 9.17) is 0 Å². The Bertz CT molecular complexity index is 630. The monoisotopic (exact) mass is 433 g/mol. The van der Waals surface area contributed by atoms with Crippen molar-refractivity contribution in [1.82, 2.24) is 14.5 Å². The Morgan fingerprint density at radius 2 is 1.94 bits per heavy atom. The molecule has 1 aromatic carbocycles. The topological polar surface area (TPSA) is 30.7 Å². The first-order valence-electron chi connectivity index (χ1n) is 5.27. The summed E-state index contributed by atoms with van der Waals surface area (Å²) in [7, 11) is 0. The van der Waals surface area contributed by atoms with Gasteiger partial charge in [-0.25, -0.2) is 0 Å². The van der Waals surface area contributed by atoms with Gasteiger partial charge in [-0.15, -0.1) is 11.3 Å². The van der Waals surface area contributed by atoms with Crippen molar-refractivity contribution in [2.75, 3.05) is 0 Å². The van der Waals surface area contributed by atoms with E-state index in [1.54, 1.807) is 17.5 Å². The third-order valence-corrected chi connectivity index (χ3v) is 3.30. The van der Waals surface area contributed by atoms with Crippen molar-refractivity contribution in [3.63, 3.8) is 0 Å². The van der Waals surface area contributed by atoms with E-state index >= 15 is 0 Å². The van der Waals surface area contributed by atoms with Crippen molar-refractivity contribution in [2.24, 2.45) is 0 Å². The SMILES string of the molecule is Cc1scnc1-n1[c-]cnc1-c1ccccc1.[Ir]. The van der Waals surface area contributed by atoms with Gasteiger partial charge in [0.15, 0.2) is 0 Å². The predicted octanol–water partition coefficient (Wildman–Crippen LogP) is 3.10. The summed E-state index contributed by atoms with van der Waals surface area (Å²) in [6.45, 7) is 2.05. The fraction of sp³-hybridized carbons (Fsp3) is 0.0769. The van der Waals surface area contributed by atoms with E-state index in [1.165, 1.54) is 0 Å². The van der Waals surface area contributed by atoms with Gasteiger partial charge in [0.25, 0.3) is 0 Å². The van der Waals surface area contributed by atoms with Crippen molar-refractivity contribution in [3.05, 3.63) is 53.1 Å². The molecule has 0 spiro atoms. The number of aryl methyl sites for hydroxylation is 1. The third-order valence-electron chi connectivity index (χ3n) is 2.55. The molecule has 0 bridgehead atoms. The fourth-order valence-corrected chi connectivity index (χ4v) is 2.29. The zero-order valence-electron chi connectivity index (χ0n) is 9.62. The van der Waals surface area contributed by atoms with E-state index < -0.39 is 0 Å². The molecule has 1 radical (unpaired) electrons. The van der Waals surface area contributed by atoms with Gasteiger partial charge >= 0.3 is 0 Å². The standard InChI is InChI=1S/C13H10N3S.Ir/c1-10-12(15-9-17-10)16-8-7-14-13(16)11-5-3-2-4-6-11;/h2-7,9H,1H3;/q-1;. The molecule has 0 saturated heterocycles. The van der Waals surface area contributed by atoms with Gasteiger partial charge in [-0.2, -0.15) is 0 Å². The molecule has 3 aromatic rings. The van der Waals surface area contributed by atoms with Crippen LogP contribution < -0.4 is 0 Å². The van der Waals surface area contributed by atoms with E-state index in [0.29, 0.717) is 0 Å². The van der Waals surface area contributed by atoms with Gasteiger partial charge in [0, 0.05) is 31.7 Å². The molecule has 18 heavy (non-hydrogen) atoms. The Morgan fingerprint density at radius 3 is 2.61 bits per heavy atom. The molecule has 0 amide bonds. The molecule has 3 nitrogen and oxygen atoms in total. The fourth-order valence-electron chi connectivity index (χ4n) is 1.73. The summed E-state index contributed by atoms with van der Waals surface area (Å²) >= 11 is 1.63. The molecule has 0 aliphatic rings. The maximum Gasteiger partial charge on any atom is 0.0660 e. The van der Waals surface area contributed by atoms with Crippen molar-refractivity contribution in [1.29, 1.82) is 0 Å². The molecule has 0 aliphatic heterocycles. The van der Waals surface area contributed by atoms with Crippen LogP contribution in [0.5, 0.6) is 0 Å². The Morgan fingerprint density at radius 1 is 1.17 bits per heavy atom. The molecule has 3 rings (SSSR count). The van der Waals surface area contributed by atoms with Crippen molar-refractivity contribution < 1.29 is 20.1 Å². The number of imidazole rings is 1.